The van der Waals surface area contributed by atoms with Gasteiger partial charge in [-0.3, -0.25) is 0 Å². The molecule has 0 bridgehead atoms. The number of aliphatic hydroxyl groups excluding tert-OH is 1. The Balaban J connectivity index is 1.56. The summed E-state index contributed by atoms with van der Waals surface area (Å²) in [4.78, 5) is 11.9. The minimum Gasteiger partial charge on any atom is -0.491 e. The summed E-state index contributed by atoms with van der Waals surface area (Å²) in [6.07, 6.45) is -0.222. The summed E-state index contributed by atoms with van der Waals surface area (Å²) >= 11 is 0. The van der Waals surface area contributed by atoms with Crippen LogP contribution in [0.4, 0.5) is 0 Å². The number of fused-ring (bicyclic) bond motifs is 1. The summed E-state index contributed by atoms with van der Waals surface area (Å²) in [5.74, 6) is 0.0642. The lowest BCUT2D eigenvalue weighted by Crippen LogP contribution is -2.49. The van der Waals surface area contributed by atoms with Crippen LogP contribution >= 0.6 is 0 Å². The normalized spacial score (nSPS) is 29.9. The van der Waals surface area contributed by atoms with E-state index in [0.29, 0.717) is 25.4 Å². The lowest BCUT2D eigenvalue weighted by molar-refractivity contribution is -0.255. The minimum atomic E-state index is -0.915. The Hall–Kier alpha value is -1.89. The van der Waals surface area contributed by atoms with Crippen molar-refractivity contribution in [2.24, 2.45) is 5.92 Å². The van der Waals surface area contributed by atoms with Gasteiger partial charge in [0, 0.05) is 12.3 Å². The standard InChI is InChI=1S/C20H26O6/c1-20(2,3)26-16(21)10-15-9-14-12-24-19(17(22)18(14)25-15)23-11-13-7-5-4-6-8-13/h4-8,10,14,17-19,22H,9,11-12H2,1-3H3/b15-10-/t14-,17+,18-,19-/m0/s1. The van der Waals surface area contributed by atoms with Crippen LogP contribution < -0.4 is 0 Å². The van der Waals surface area contributed by atoms with Gasteiger partial charge in [-0.2, -0.15) is 0 Å². The molecule has 1 aromatic rings. The highest BCUT2D eigenvalue weighted by atomic mass is 16.7. The summed E-state index contributed by atoms with van der Waals surface area (Å²) in [7, 11) is 0. The van der Waals surface area contributed by atoms with E-state index < -0.39 is 30.1 Å². The molecule has 0 amide bonds. The van der Waals surface area contributed by atoms with E-state index in [0.717, 1.165) is 5.56 Å². The summed E-state index contributed by atoms with van der Waals surface area (Å²) in [5.41, 5.74) is 0.446. The van der Waals surface area contributed by atoms with Crippen LogP contribution in [0.2, 0.25) is 0 Å². The molecule has 0 saturated carbocycles. The molecule has 6 nitrogen and oxygen atoms in total. The van der Waals surface area contributed by atoms with E-state index in [-0.39, 0.29) is 5.92 Å². The zero-order valence-corrected chi connectivity index (χ0v) is 15.4. The smallest absolute Gasteiger partial charge is 0.334 e. The van der Waals surface area contributed by atoms with E-state index in [2.05, 4.69) is 0 Å². The average molecular weight is 362 g/mol. The number of rotatable bonds is 4. The van der Waals surface area contributed by atoms with Crippen LogP contribution in [0.25, 0.3) is 0 Å². The van der Waals surface area contributed by atoms with Crippen LogP contribution in [-0.2, 0) is 30.3 Å². The van der Waals surface area contributed by atoms with Gasteiger partial charge in [0.05, 0.1) is 19.3 Å². The lowest BCUT2D eigenvalue weighted by atomic mass is 9.95. The molecule has 1 aromatic carbocycles. The predicted molar refractivity (Wildman–Crippen MR) is 93.9 cm³/mol. The number of ether oxygens (including phenoxy) is 4. The van der Waals surface area contributed by atoms with E-state index in [1.165, 1.54) is 6.08 Å². The molecule has 26 heavy (non-hydrogen) atoms. The zero-order chi connectivity index (χ0) is 18.7. The van der Waals surface area contributed by atoms with Gasteiger partial charge in [0.15, 0.2) is 6.29 Å². The van der Waals surface area contributed by atoms with Crippen molar-refractivity contribution in [2.45, 2.75) is 57.9 Å². The number of allylic oxidation sites excluding steroid dienone is 1. The van der Waals surface area contributed by atoms with E-state index in [9.17, 15) is 9.90 Å². The fourth-order valence-electron chi connectivity index (χ4n) is 3.12. The van der Waals surface area contributed by atoms with Gasteiger partial charge >= 0.3 is 5.97 Å². The van der Waals surface area contributed by atoms with Crippen molar-refractivity contribution >= 4 is 5.97 Å². The Morgan fingerprint density at radius 3 is 2.73 bits per heavy atom. The monoisotopic (exact) mass is 362 g/mol. The van der Waals surface area contributed by atoms with E-state index >= 15 is 0 Å². The van der Waals surface area contributed by atoms with Crippen LogP contribution in [-0.4, -0.2) is 41.8 Å². The first-order valence-electron chi connectivity index (χ1n) is 8.87. The molecule has 0 spiro atoms. The number of hydrogen-bond acceptors (Lipinski definition) is 6. The second-order valence-corrected chi connectivity index (χ2v) is 7.68. The number of benzene rings is 1. The van der Waals surface area contributed by atoms with Gasteiger partial charge in [-0.15, -0.1) is 0 Å². The summed E-state index contributed by atoms with van der Waals surface area (Å²) < 4.78 is 22.4. The molecule has 0 aliphatic carbocycles. The van der Waals surface area contributed by atoms with Crippen molar-refractivity contribution in [3.05, 3.63) is 47.7 Å². The SMILES string of the molecule is CC(C)(C)OC(=O)/C=C1/C[C@H]2CO[C@H](OCc3ccccc3)[C@H](O)[C@H]2O1. The Morgan fingerprint density at radius 1 is 1.31 bits per heavy atom. The first-order chi connectivity index (χ1) is 12.3. The van der Waals surface area contributed by atoms with Gasteiger partial charge in [-0.05, 0) is 26.3 Å². The van der Waals surface area contributed by atoms with Crippen molar-refractivity contribution in [1.82, 2.24) is 0 Å². The van der Waals surface area contributed by atoms with E-state index in [1.807, 2.05) is 51.1 Å². The van der Waals surface area contributed by atoms with Crippen LogP contribution in [0.3, 0.4) is 0 Å². The number of aliphatic hydroxyl groups is 1. The molecular weight excluding hydrogens is 336 g/mol. The molecule has 1 N–H and O–H groups in total. The van der Waals surface area contributed by atoms with E-state index in [1.54, 1.807) is 0 Å². The molecule has 0 unspecified atom stereocenters. The van der Waals surface area contributed by atoms with Crippen LogP contribution in [0.1, 0.15) is 32.8 Å². The van der Waals surface area contributed by atoms with Crippen molar-refractivity contribution < 1.29 is 28.8 Å². The number of hydrogen-bond donors (Lipinski definition) is 1. The van der Waals surface area contributed by atoms with Gasteiger partial charge in [-0.1, -0.05) is 30.3 Å². The highest BCUT2D eigenvalue weighted by Gasteiger charge is 2.46. The van der Waals surface area contributed by atoms with E-state index in [4.69, 9.17) is 18.9 Å². The third-order valence-corrected chi connectivity index (χ3v) is 4.25. The van der Waals surface area contributed by atoms with Crippen LogP contribution in [0.5, 0.6) is 0 Å². The van der Waals surface area contributed by atoms with Gasteiger partial charge in [0.2, 0.25) is 0 Å². The molecule has 2 saturated heterocycles. The molecule has 6 heteroatoms. The topological polar surface area (TPSA) is 74.2 Å². The predicted octanol–water partition coefficient (Wildman–Crippen LogP) is 2.55. The minimum absolute atomic E-state index is 0.00439. The molecule has 2 heterocycles. The first-order valence-corrected chi connectivity index (χ1v) is 8.87. The number of carbonyl (C=O) groups is 1. The highest BCUT2D eigenvalue weighted by Crippen LogP contribution is 2.37. The summed E-state index contributed by atoms with van der Waals surface area (Å²) in [6.45, 7) is 6.19. The molecule has 0 radical (unpaired) electrons. The largest absolute Gasteiger partial charge is 0.491 e. The molecule has 3 rings (SSSR count). The van der Waals surface area contributed by atoms with Crippen molar-refractivity contribution in [3.8, 4) is 0 Å². The molecule has 2 aliphatic rings. The van der Waals surface area contributed by atoms with Crippen LogP contribution in [0, 0.1) is 5.92 Å². The van der Waals surface area contributed by atoms with Crippen LogP contribution in [0.15, 0.2) is 42.2 Å². The van der Waals surface area contributed by atoms with Crippen molar-refractivity contribution in [2.75, 3.05) is 6.61 Å². The maximum Gasteiger partial charge on any atom is 0.334 e. The summed E-state index contributed by atoms with van der Waals surface area (Å²) in [5, 5.41) is 10.5. The summed E-state index contributed by atoms with van der Waals surface area (Å²) in [6, 6.07) is 9.70. The molecule has 2 aliphatic heterocycles. The van der Waals surface area contributed by atoms with Gasteiger partial charge in [0.1, 0.15) is 23.6 Å². The molecule has 142 valence electrons. The lowest BCUT2D eigenvalue weighted by Gasteiger charge is -2.35. The second kappa shape index (κ2) is 7.78. The Kier molecular flexibility index (Phi) is 5.65. The maximum absolute atomic E-state index is 11.9. The molecule has 4 atom stereocenters. The Morgan fingerprint density at radius 2 is 2.04 bits per heavy atom. The van der Waals surface area contributed by atoms with Gasteiger partial charge in [0.25, 0.3) is 0 Å². The average Bonchev–Trinajstić information content (AvgIpc) is 2.96. The number of carbonyl (C=O) groups excluding carboxylic acids is 1. The fourth-order valence-corrected chi connectivity index (χ4v) is 3.12. The second-order valence-electron chi connectivity index (χ2n) is 7.68. The zero-order valence-electron chi connectivity index (χ0n) is 15.4. The fraction of sp³-hybridized carbons (Fsp3) is 0.550. The third-order valence-electron chi connectivity index (χ3n) is 4.25. The maximum atomic E-state index is 11.9. The van der Waals surface area contributed by atoms with Crippen molar-refractivity contribution in [3.63, 3.8) is 0 Å². The third kappa shape index (κ3) is 4.84. The Labute approximate surface area is 153 Å². The first kappa shape index (κ1) is 18.9. The quantitative estimate of drug-likeness (QED) is 0.655. The van der Waals surface area contributed by atoms with Gasteiger partial charge in [-0.25, -0.2) is 4.79 Å². The molecule has 0 aromatic heterocycles. The number of esters is 1. The molecular formula is C20H26O6. The highest BCUT2D eigenvalue weighted by molar-refractivity contribution is 5.82. The molecule has 2 fully saturated rings. The van der Waals surface area contributed by atoms with Gasteiger partial charge < -0.3 is 24.1 Å². The van der Waals surface area contributed by atoms with Crippen molar-refractivity contribution in [1.29, 1.82) is 0 Å². The Bertz CT molecular complexity index is 648.